The molecule has 2 atom stereocenters. The molecule has 1 aromatic carbocycles. The quantitative estimate of drug-likeness (QED) is 0.781. The van der Waals surface area contributed by atoms with Crippen LogP contribution in [0.15, 0.2) is 30.3 Å². The Kier molecular flexibility index (Phi) is 4.76. The molecule has 4 rings (SSSR count). The number of likely N-dealkylation sites (tertiary alicyclic amines) is 2. The Morgan fingerprint density at radius 2 is 1.65 bits per heavy atom. The predicted molar refractivity (Wildman–Crippen MR) is 96.3 cm³/mol. The number of carbonyl (C=O) groups excluding carboxylic acids is 3. The van der Waals surface area contributed by atoms with Crippen molar-refractivity contribution >= 4 is 17.7 Å². The Hall–Kier alpha value is -2.21. The molecule has 1 saturated carbocycles. The molecule has 2 aliphatic heterocycles. The van der Waals surface area contributed by atoms with E-state index < -0.39 is 0 Å². The van der Waals surface area contributed by atoms with Crippen molar-refractivity contribution in [2.45, 2.75) is 31.7 Å². The first kappa shape index (κ1) is 17.2. The maximum Gasteiger partial charge on any atom is 0.251 e. The summed E-state index contributed by atoms with van der Waals surface area (Å²) in [6.07, 6.45) is 2.53. The fraction of sp³-hybridized carbons (Fsp3) is 0.550. The molecule has 1 aromatic rings. The molecule has 2 heterocycles. The molecule has 3 aliphatic rings. The molecule has 3 amide bonds. The van der Waals surface area contributed by atoms with Crippen LogP contribution >= 0.6 is 0 Å². The summed E-state index contributed by atoms with van der Waals surface area (Å²) in [4.78, 5) is 39.7. The van der Waals surface area contributed by atoms with Gasteiger partial charge in [-0.2, -0.15) is 0 Å². The summed E-state index contributed by atoms with van der Waals surface area (Å²) in [5.74, 6) is 1.06. The van der Waals surface area contributed by atoms with Crippen molar-refractivity contribution in [3.05, 3.63) is 35.9 Å². The molecule has 0 bridgehead atoms. The van der Waals surface area contributed by atoms with Gasteiger partial charge in [-0.05, 0) is 43.4 Å². The second-order valence-corrected chi connectivity index (χ2v) is 7.60. The molecule has 0 aromatic heterocycles. The molecule has 2 saturated heterocycles. The Morgan fingerprint density at radius 1 is 1.00 bits per heavy atom. The Labute approximate surface area is 153 Å². The van der Waals surface area contributed by atoms with Gasteiger partial charge in [0.2, 0.25) is 11.8 Å². The highest BCUT2D eigenvalue weighted by molar-refractivity contribution is 5.97. The van der Waals surface area contributed by atoms with Crippen molar-refractivity contribution in [3.63, 3.8) is 0 Å². The summed E-state index contributed by atoms with van der Waals surface area (Å²) in [6.45, 7) is 3.43. The van der Waals surface area contributed by atoms with Crippen LogP contribution in [0.2, 0.25) is 0 Å². The minimum Gasteiger partial charge on any atom is -0.349 e. The zero-order chi connectivity index (χ0) is 18.1. The van der Waals surface area contributed by atoms with Gasteiger partial charge in [-0.15, -0.1) is 0 Å². The van der Waals surface area contributed by atoms with Gasteiger partial charge < -0.3 is 10.2 Å². The molecule has 1 N–H and O–H groups in total. The van der Waals surface area contributed by atoms with Gasteiger partial charge in [0.05, 0.1) is 0 Å². The number of hydrogen-bond donors (Lipinski definition) is 1. The van der Waals surface area contributed by atoms with E-state index in [1.54, 1.807) is 0 Å². The standard InChI is InChI=1S/C20H25N3O3/c24-17-8-4-9-18(25)23(17)11-5-10-22-12-15-16(13-22)19(15)21-20(26)14-6-2-1-3-7-14/h1-3,6-7,15-16,19H,4-5,8-13H2,(H,21,26). The minimum absolute atomic E-state index is 0.0127. The number of nitrogens with one attached hydrogen (secondary N) is 1. The third-order valence-electron chi connectivity index (χ3n) is 5.84. The lowest BCUT2D eigenvalue weighted by molar-refractivity contribution is -0.148. The number of fused-ring (bicyclic) bond motifs is 1. The molecule has 2 unspecified atom stereocenters. The summed E-state index contributed by atoms with van der Waals surface area (Å²) in [7, 11) is 0. The van der Waals surface area contributed by atoms with Gasteiger partial charge in [0.15, 0.2) is 0 Å². The van der Waals surface area contributed by atoms with E-state index in [1.165, 1.54) is 4.90 Å². The van der Waals surface area contributed by atoms with E-state index in [9.17, 15) is 14.4 Å². The average Bonchev–Trinajstić information content (AvgIpc) is 3.09. The maximum absolute atomic E-state index is 12.2. The van der Waals surface area contributed by atoms with Gasteiger partial charge in [0, 0.05) is 44.1 Å². The topological polar surface area (TPSA) is 69.7 Å². The van der Waals surface area contributed by atoms with Crippen LogP contribution in [0.4, 0.5) is 0 Å². The predicted octanol–water partition coefficient (Wildman–Crippen LogP) is 1.28. The monoisotopic (exact) mass is 355 g/mol. The highest BCUT2D eigenvalue weighted by Crippen LogP contribution is 2.45. The van der Waals surface area contributed by atoms with Crippen LogP contribution in [0.3, 0.4) is 0 Å². The number of hydrogen-bond acceptors (Lipinski definition) is 4. The van der Waals surface area contributed by atoms with Crippen molar-refractivity contribution in [3.8, 4) is 0 Å². The molecule has 138 valence electrons. The number of amides is 3. The van der Waals surface area contributed by atoms with Crippen molar-refractivity contribution in [1.82, 2.24) is 15.1 Å². The van der Waals surface area contributed by atoms with Crippen LogP contribution in [0.25, 0.3) is 0 Å². The molecule has 0 spiro atoms. The maximum atomic E-state index is 12.2. The largest absolute Gasteiger partial charge is 0.349 e. The van der Waals surface area contributed by atoms with Crippen LogP contribution in [-0.4, -0.2) is 59.7 Å². The lowest BCUT2D eigenvalue weighted by Gasteiger charge is -2.26. The number of nitrogens with zero attached hydrogens (tertiary/aromatic N) is 2. The third kappa shape index (κ3) is 3.51. The Bertz CT molecular complexity index is 678. The SMILES string of the molecule is O=C(NC1C2CN(CCCN3C(=O)CCCC3=O)CC21)c1ccccc1. The van der Waals surface area contributed by atoms with Crippen molar-refractivity contribution in [2.75, 3.05) is 26.2 Å². The van der Waals surface area contributed by atoms with Crippen LogP contribution in [0.1, 0.15) is 36.0 Å². The molecule has 1 aliphatic carbocycles. The molecule has 26 heavy (non-hydrogen) atoms. The zero-order valence-corrected chi connectivity index (χ0v) is 14.9. The van der Waals surface area contributed by atoms with E-state index in [0.29, 0.717) is 49.2 Å². The van der Waals surface area contributed by atoms with E-state index in [4.69, 9.17) is 0 Å². The first-order chi connectivity index (χ1) is 12.6. The highest BCUT2D eigenvalue weighted by atomic mass is 16.2. The van der Waals surface area contributed by atoms with E-state index in [0.717, 1.165) is 26.1 Å². The summed E-state index contributed by atoms with van der Waals surface area (Å²) < 4.78 is 0. The number of rotatable bonds is 6. The summed E-state index contributed by atoms with van der Waals surface area (Å²) in [5.41, 5.74) is 0.713. The molecule has 6 heteroatoms. The van der Waals surface area contributed by atoms with Gasteiger partial charge in [-0.25, -0.2) is 0 Å². The first-order valence-electron chi connectivity index (χ1n) is 9.55. The van der Waals surface area contributed by atoms with E-state index in [1.807, 2.05) is 30.3 Å². The average molecular weight is 355 g/mol. The molecular weight excluding hydrogens is 330 g/mol. The van der Waals surface area contributed by atoms with Crippen molar-refractivity contribution in [1.29, 1.82) is 0 Å². The molecule has 3 fully saturated rings. The molecular formula is C20H25N3O3. The van der Waals surface area contributed by atoms with Gasteiger partial charge in [0.25, 0.3) is 5.91 Å². The number of imide groups is 1. The Morgan fingerprint density at radius 3 is 2.31 bits per heavy atom. The fourth-order valence-electron chi connectivity index (χ4n) is 4.34. The van der Waals surface area contributed by atoms with Crippen molar-refractivity contribution in [2.24, 2.45) is 11.8 Å². The van der Waals surface area contributed by atoms with Crippen LogP contribution < -0.4 is 5.32 Å². The summed E-state index contributed by atoms with van der Waals surface area (Å²) >= 11 is 0. The third-order valence-corrected chi connectivity index (χ3v) is 5.84. The minimum atomic E-state index is -0.0193. The number of carbonyl (C=O) groups is 3. The van der Waals surface area contributed by atoms with Crippen molar-refractivity contribution < 1.29 is 14.4 Å². The second kappa shape index (κ2) is 7.19. The number of piperidine rings is 2. The molecule has 0 radical (unpaired) electrons. The van der Waals surface area contributed by atoms with Crippen LogP contribution in [0, 0.1) is 11.8 Å². The van der Waals surface area contributed by atoms with E-state index >= 15 is 0 Å². The van der Waals surface area contributed by atoms with E-state index in [2.05, 4.69) is 10.2 Å². The second-order valence-electron chi connectivity index (χ2n) is 7.60. The lowest BCUT2D eigenvalue weighted by atomic mass is 10.1. The van der Waals surface area contributed by atoms with Crippen LogP contribution in [0.5, 0.6) is 0 Å². The van der Waals surface area contributed by atoms with Gasteiger partial charge in [0.1, 0.15) is 0 Å². The van der Waals surface area contributed by atoms with Crippen LogP contribution in [-0.2, 0) is 9.59 Å². The Balaban J connectivity index is 1.17. The van der Waals surface area contributed by atoms with Gasteiger partial charge >= 0.3 is 0 Å². The smallest absolute Gasteiger partial charge is 0.251 e. The summed E-state index contributed by atoms with van der Waals surface area (Å²) in [5, 5.41) is 3.15. The van der Waals surface area contributed by atoms with Gasteiger partial charge in [-0.3, -0.25) is 19.3 Å². The van der Waals surface area contributed by atoms with E-state index in [-0.39, 0.29) is 17.7 Å². The lowest BCUT2D eigenvalue weighted by Crippen LogP contribution is -2.42. The normalized spacial score (nSPS) is 28.2. The highest BCUT2D eigenvalue weighted by Gasteiger charge is 2.56. The first-order valence-corrected chi connectivity index (χ1v) is 9.55. The zero-order valence-electron chi connectivity index (χ0n) is 14.9. The molecule has 6 nitrogen and oxygen atoms in total. The fourth-order valence-corrected chi connectivity index (χ4v) is 4.34. The number of benzene rings is 1. The summed E-state index contributed by atoms with van der Waals surface area (Å²) in [6, 6.07) is 9.63. The van der Waals surface area contributed by atoms with Gasteiger partial charge in [-0.1, -0.05) is 18.2 Å².